The molecule has 0 radical (unpaired) electrons. The van der Waals surface area contributed by atoms with Gasteiger partial charge in [0.1, 0.15) is 5.75 Å². The van der Waals surface area contributed by atoms with E-state index in [0.29, 0.717) is 6.54 Å². The van der Waals surface area contributed by atoms with Crippen LogP contribution in [0.5, 0.6) is 5.75 Å². The number of amides is 1. The van der Waals surface area contributed by atoms with Crippen molar-refractivity contribution < 1.29 is 9.53 Å². The molecular formula is C20H24N2O2. The molecule has 0 aliphatic carbocycles. The van der Waals surface area contributed by atoms with Crippen molar-refractivity contribution in [1.29, 1.82) is 0 Å². The minimum Gasteiger partial charge on any atom is -0.482 e. The minimum atomic E-state index is -0.0153. The lowest BCUT2D eigenvalue weighted by atomic mass is 10.0. The van der Waals surface area contributed by atoms with Gasteiger partial charge in [0.2, 0.25) is 0 Å². The minimum absolute atomic E-state index is 0.0118. The third-order valence-electron chi connectivity index (χ3n) is 4.48. The van der Waals surface area contributed by atoms with Crippen LogP contribution in [0.4, 0.5) is 5.69 Å². The van der Waals surface area contributed by atoms with Crippen molar-refractivity contribution in [3.63, 3.8) is 0 Å². The highest BCUT2D eigenvalue weighted by atomic mass is 16.5. The Hall–Kier alpha value is -2.33. The zero-order valence-electron chi connectivity index (χ0n) is 14.1. The Morgan fingerprint density at radius 1 is 1.21 bits per heavy atom. The van der Waals surface area contributed by atoms with Crippen molar-refractivity contribution in [2.45, 2.75) is 32.2 Å². The zero-order valence-corrected chi connectivity index (χ0v) is 14.1. The standard InChI is InChI=1S/C20H24N2O2/c1-2-17(21)16-10-11-19-18(13-16)22(20(23)14-24-19)12-6-9-15-7-4-3-5-8-15/h3-5,7-8,10-11,13,17H,2,6,9,12,14,21H2,1H3. The third kappa shape index (κ3) is 3.60. The van der Waals surface area contributed by atoms with Crippen LogP contribution in [-0.4, -0.2) is 19.1 Å². The van der Waals surface area contributed by atoms with Gasteiger partial charge in [0.15, 0.2) is 6.61 Å². The maximum atomic E-state index is 12.3. The van der Waals surface area contributed by atoms with Crippen LogP contribution >= 0.6 is 0 Å². The Balaban J connectivity index is 1.74. The molecule has 0 bridgehead atoms. The number of benzene rings is 2. The summed E-state index contributed by atoms with van der Waals surface area (Å²) < 4.78 is 5.57. The lowest BCUT2D eigenvalue weighted by Crippen LogP contribution is -2.39. The van der Waals surface area contributed by atoms with E-state index in [1.807, 2.05) is 41.3 Å². The quantitative estimate of drug-likeness (QED) is 0.885. The fraction of sp³-hybridized carbons (Fsp3) is 0.350. The van der Waals surface area contributed by atoms with E-state index in [4.69, 9.17) is 10.5 Å². The molecule has 4 nitrogen and oxygen atoms in total. The van der Waals surface area contributed by atoms with E-state index in [1.165, 1.54) is 5.56 Å². The number of hydrogen-bond donors (Lipinski definition) is 1. The van der Waals surface area contributed by atoms with Crippen LogP contribution in [0.1, 0.15) is 36.9 Å². The van der Waals surface area contributed by atoms with Crippen LogP contribution in [0.3, 0.4) is 0 Å². The molecule has 1 aliphatic rings. The van der Waals surface area contributed by atoms with Gasteiger partial charge in [-0.2, -0.15) is 0 Å². The molecule has 1 heterocycles. The van der Waals surface area contributed by atoms with E-state index in [9.17, 15) is 4.79 Å². The number of ether oxygens (including phenoxy) is 1. The summed E-state index contributed by atoms with van der Waals surface area (Å²) in [5.41, 5.74) is 9.32. The molecule has 2 N–H and O–H groups in total. The highest BCUT2D eigenvalue weighted by Gasteiger charge is 2.25. The number of fused-ring (bicyclic) bond motifs is 1. The topological polar surface area (TPSA) is 55.6 Å². The highest BCUT2D eigenvalue weighted by molar-refractivity contribution is 5.97. The number of nitrogens with two attached hydrogens (primary N) is 1. The van der Waals surface area contributed by atoms with E-state index in [1.54, 1.807) is 0 Å². The molecule has 0 fully saturated rings. The Morgan fingerprint density at radius 2 is 2.00 bits per heavy atom. The first-order valence-electron chi connectivity index (χ1n) is 8.55. The van der Waals surface area contributed by atoms with Crippen LogP contribution in [0.15, 0.2) is 48.5 Å². The van der Waals surface area contributed by atoms with Crippen LogP contribution < -0.4 is 15.4 Å². The average Bonchev–Trinajstić information content (AvgIpc) is 2.63. The summed E-state index contributed by atoms with van der Waals surface area (Å²) in [6.45, 7) is 2.86. The van der Waals surface area contributed by atoms with Gasteiger partial charge in [0.05, 0.1) is 5.69 Å². The molecular weight excluding hydrogens is 300 g/mol. The summed E-state index contributed by atoms with van der Waals surface area (Å²) in [5, 5.41) is 0. The molecule has 0 saturated heterocycles. The SMILES string of the molecule is CCC(N)c1ccc2c(c1)N(CCCc1ccccc1)C(=O)CO2. The van der Waals surface area contributed by atoms with Gasteiger partial charge in [-0.25, -0.2) is 0 Å². The average molecular weight is 324 g/mol. The zero-order chi connectivity index (χ0) is 16.9. The van der Waals surface area contributed by atoms with E-state index >= 15 is 0 Å². The van der Waals surface area contributed by atoms with Gasteiger partial charge in [0, 0.05) is 12.6 Å². The first kappa shape index (κ1) is 16.5. The van der Waals surface area contributed by atoms with Crippen molar-refractivity contribution in [3.05, 3.63) is 59.7 Å². The molecule has 24 heavy (non-hydrogen) atoms. The predicted octanol–water partition coefficient (Wildman–Crippen LogP) is 3.45. The fourth-order valence-electron chi connectivity index (χ4n) is 3.02. The number of nitrogens with zero attached hydrogens (tertiary/aromatic N) is 1. The monoisotopic (exact) mass is 324 g/mol. The largest absolute Gasteiger partial charge is 0.482 e. The number of carbonyl (C=O) groups excluding carboxylic acids is 1. The lowest BCUT2D eigenvalue weighted by molar-refractivity contribution is -0.121. The third-order valence-corrected chi connectivity index (χ3v) is 4.48. The molecule has 126 valence electrons. The maximum absolute atomic E-state index is 12.3. The first-order valence-corrected chi connectivity index (χ1v) is 8.55. The first-order chi connectivity index (χ1) is 11.7. The van der Waals surface area contributed by atoms with Gasteiger partial charge in [-0.1, -0.05) is 43.3 Å². The number of aryl methyl sites for hydroxylation is 1. The summed E-state index contributed by atoms with van der Waals surface area (Å²) in [6.07, 6.45) is 2.73. The van der Waals surface area contributed by atoms with Crippen molar-refractivity contribution in [3.8, 4) is 5.75 Å². The van der Waals surface area contributed by atoms with Crippen LogP contribution in [-0.2, 0) is 11.2 Å². The second-order valence-corrected chi connectivity index (χ2v) is 6.17. The number of carbonyl (C=O) groups is 1. The Kier molecular flexibility index (Phi) is 5.16. The van der Waals surface area contributed by atoms with Gasteiger partial charge in [-0.05, 0) is 42.5 Å². The molecule has 0 spiro atoms. The van der Waals surface area contributed by atoms with Crippen molar-refractivity contribution in [1.82, 2.24) is 0 Å². The Morgan fingerprint density at radius 3 is 2.75 bits per heavy atom. The molecule has 1 unspecified atom stereocenters. The molecule has 1 aliphatic heterocycles. The van der Waals surface area contributed by atoms with Gasteiger partial charge in [-0.15, -0.1) is 0 Å². The maximum Gasteiger partial charge on any atom is 0.265 e. The normalized spacial score (nSPS) is 14.9. The summed E-state index contributed by atoms with van der Waals surface area (Å²) in [4.78, 5) is 14.2. The number of anilines is 1. The molecule has 0 aromatic heterocycles. The predicted molar refractivity (Wildman–Crippen MR) is 96.3 cm³/mol. The van der Waals surface area contributed by atoms with Crippen LogP contribution in [0, 0.1) is 0 Å². The molecule has 2 aromatic rings. The number of hydrogen-bond acceptors (Lipinski definition) is 3. The van der Waals surface area contributed by atoms with Crippen LogP contribution in [0.2, 0.25) is 0 Å². The Labute approximate surface area is 143 Å². The van der Waals surface area contributed by atoms with Crippen molar-refractivity contribution >= 4 is 11.6 Å². The van der Waals surface area contributed by atoms with E-state index in [2.05, 4.69) is 19.1 Å². The summed E-state index contributed by atoms with van der Waals surface area (Å²) in [7, 11) is 0. The van der Waals surface area contributed by atoms with Gasteiger partial charge < -0.3 is 15.4 Å². The second-order valence-electron chi connectivity index (χ2n) is 6.17. The van der Waals surface area contributed by atoms with Crippen molar-refractivity contribution in [2.24, 2.45) is 5.73 Å². The van der Waals surface area contributed by atoms with E-state index in [-0.39, 0.29) is 18.6 Å². The number of rotatable bonds is 6. The Bertz CT molecular complexity index is 700. The van der Waals surface area contributed by atoms with Gasteiger partial charge in [-0.3, -0.25) is 4.79 Å². The van der Waals surface area contributed by atoms with E-state index < -0.39 is 0 Å². The molecule has 0 saturated carbocycles. The summed E-state index contributed by atoms with van der Waals surface area (Å²) in [5.74, 6) is 0.777. The summed E-state index contributed by atoms with van der Waals surface area (Å²) >= 11 is 0. The van der Waals surface area contributed by atoms with Crippen molar-refractivity contribution in [2.75, 3.05) is 18.1 Å². The fourth-order valence-corrected chi connectivity index (χ4v) is 3.02. The van der Waals surface area contributed by atoms with Gasteiger partial charge in [0.25, 0.3) is 5.91 Å². The van der Waals surface area contributed by atoms with Gasteiger partial charge >= 0.3 is 0 Å². The second kappa shape index (κ2) is 7.49. The van der Waals surface area contributed by atoms with Crippen LogP contribution in [0.25, 0.3) is 0 Å². The van der Waals surface area contributed by atoms with E-state index in [0.717, 1.165) is 36.3 Å². The smallest absolute Gasteiger partial charge is 0.265 e. The molecule has 1 amide bonds. The molecule has 3 rings (SSSR count). The summed E-state index contributed by atoms with van der Waals surface area (Å²) in [6, 6.07) is 16.2. The molecule has 1 atom stereocenters. The highest BCUT2D eigenvalue weighted by Crippen LogP contribution is 2.34. The lowest BCUT2D eigenvalue weighted by Gasteiger charge is -2.30. The molecule has 4 heteroatoms. The molecule has 2 aromatic carbocycles.